The lowest BCUT2D eigenvalue weighted by atomic mass is 10.1. The van der Waals surface area contributed by atoms with Gasteiger partial charge in [0.25, 0.3) is 0 Å². The number of aromatic carboxylic acids is 2. The van der Waals surface area contributed by atoms with Gasteiger partial charge in [0.2, 0.25) is 0 Å². The van der Waals surface area contributed by atoms with Crippen molar-refractivity contribution in [2.75, 3.05) is 26.2 Å². The molecule has 49 heavy (non-hydrogen) atoms. The number of rotatable bonds is 29. The fourth-order valence-electron chi connectivity index (χ4n) is 6.27. The monoisotopic (exact) mass is 715 g/mol. The number of hydrogen-bond acceptors (Lipinski definition) is 5. The Hall–Kier alpha value is -1.96. The Morgan fingerprint density at radius 1 is 0.490 bits per heavy atom. The SMILES string of the molecule is CCCCCCC[N+](CCCCCCC)(CCCCCCC)CCCCCCC.O=C([O-])c1ccc(SSc2ccc(C(=O)O)cc2)cc1. The lowest BCUT2D eigenvalue weighted by molar-refractivity contribution is -0.929. The van der Waals surface area contributed by atoms with Gasteiger partial charge in [-0.15, -0.1) is 0 Å². The summed E-state index contributed by atoms with van der Waals surface area (Å²) in [6.07, 6.45) is 28.8. The van der Waals surface area contributed by atoms with Crippen molar-refractivity contribution in [3.63, 3.8) is 0 Å². The van der Waals surface area contributed by atoms with Gasteiger partial charge in [-0.05, 0) is 93.3 Å². The summed E-state index contributed by atoms with van der Waals surface area (Å²) in [6.45, 7) is 15.2. The van der Waals surface area contributed by atoms with Gasteiger partial charge in [0.1, 0.15) is 0 Å². The fraction of sp³-hybridized carbons (Fsp3) is 0.667. The summed E-state index contributed by atoms with van der Waals surface area (Å²) in [6, 6.07) is 12.9. The molecule has 5 nitrogen and oxygen atoms in total. The van der Waals surface area contributed by atoms with Gasteiger partial charge in [-0.3, -0.25) is 0 Å². The molecular formula is C42H69NO4S2. The van der Waals surface area contributed by atoms with Crippen LogP contribution in [0.3, 0.4) is 0 Å². The third-order valence-corrected chi connectivity index (χ3v) is 11.8. The van der Waals surface area contributed by atoms with Gasteiger partial charge in [0.15, 0.2) is 0 Å². The van der Waals surface area contributed by atoms with Crippen LogP contribution >= 0.6 is 21.6 Å². The van der Waals surface area contributed by atoms with Crippen LogP contribution in [0, 0.1) is 0 Å². The fourth-order valence-corrected chi connectivity index (χ4v) is 8.20. The summed E-state index contributed by atoms with van der Waals surface area (Å²) in [7, 11) is 2.93. The minimum Gasteiger partial charge on any atom is -0.545 e. The Bertz CT molecular complexity index is 972. The Labute approximate surface area is 308 Å². The van der Waals surface area contributed by atoms with Crippen molar-refractivity contribution < 1.29 is 24.3 Å². The highest BCUT2D eigenvalue weighted by Gasteiger charge is 2.25. The van der Waals surface area contributed by atoms with Crippen LogP contribution in [0.2, 0.25) is 0 Å². The van der Waals surface area contributed by atoms with Crippen LogP contribution in [-0.4, -0.2) is 47.7 Å². The van der Waals surface area contributed by atoms with Crippen LogP contribution in [0.4, 0.5) is 0 Å². The molecule has 7 heteroatoms. The van der Waals surface area contributed by atoms with E-state index in [1.807, 2.05) is 0 Å². The number of unbranched alkanes of at least 4 members (excludes halogenated alkanes) is 16. The largest absolute Gasteiger partial charge is 0.545 e. The zero-order chi connectivity index (χ0) is 36.0. The van der Waals surface area contributed by atoms with Crippen LogP contribution in [-0.2, 0) is 0 Å². The highest BCUT2D eigenvalue weighted by molar-refractivity contribution is 8.76. The summed E-state index contributed by atoms with van der Waals surface area (Å²) in [5.41, 5.74) is 0.392. The Kier molecular flexibility index (Phi) is 27.3. The zero-order valence-corrected chi connectivity index (χ0v) is 33.2. The molecule has 0 heterocycles. The van der Waals surface area contributed by atoms with Crippen molar-refractivity contribution in [1.29, 1.82) is 0 Å². The topological polar surface area (TPSA) is 77.4 Å². The zero-order valence-electron chi connectivity index (χ0n) is 31.5. The first-order valence-electron chi connectivity index (χ1n) is 19.6. The van der Waals surface area contributed by atoms with Crippen molar-refractivity contribution in [3.8, 4) is 0 Å². The van der Waals surface area contributed by atoms with E-state index in [1.165, 1.54) is 193 Å². The maximum absolute atomic E-state index is 10.7. The molecule has 0 spiro atoms. The standard InChI is InChI=1S/C28H60N.C14H10O4S2/c1-5-9-13-17-21-25-29(26-22-18-14-10-6-2,27-23-19-15-11-7-3)28-24-20-16-12-8-4;15-13(16)9-1-5-11(6-2-9)19-20-12-7-3-10(4-8-12)14(17)18/h5-28H2,1-4H3;1-8H,(H,15,16)(H,17,18)/q+1;/p-1. The van der Waals surface area contributed by atoms with E-state index in [9.17, 15) is 14.7 Å². The Morgan fingerprint density at radius 2 is 0.776 bits per heavy atom. The van der Waals surface area contributed by atoms with Gasteiger partial charge in [0, 0.05) is 9.79 Å². The van der Waals surface area contributed by atoms with E-state index in [0.29, 0.717) is 0 Å². The molecule has 0 aromatic heterocycles. The molecule has 1 N–H and O–H groups in total. The third kappa shape index (κ3) is 22.5. The Morgan fingerprint density at radius 3 is 1.04 bits per heavy atom. The van der Waals surface area contributed by atoms with Crippen molar-refractivity contribution in [2.24, 2.45) is 0 Å². The van der Waals surface area contributed by atoms with E-state index in [2.05, 4.69) is 27.7 Å². The first-order chi connectivity index (χ1) is 23.8. The molecular weight excluding hydrogens is 647 g/mol. The predicted octanol–water partition coefficient (Wildman–Crippen LogP) is 12.2. The number of carboxylic acid groups (broad SMARTS) is 2. The molecule has 0 atom stereocenters. The summed E-state index contributed by atoms with van der Waals surface area (Å²) in [4.78, 5) is 23.1. The summed E-state index contributed by atoms with van der Waals surface area (Å²) in [5.74, 6) is -2.15. The molecule has 0 saturated heterocycles. The summed E-state index contributed by atoms with van der Waals surface area (Å²) >= 11 is 0. The first-order valence-corrected chi connectivity index (χ1v) is 21.8. The molecule has 0 amide bonds. The average Bonchev–Trinajstić information content (AvgIpc) is 3.11. The average molecular weight is 716 g/mol. The van der Waals surface area contributed by atoms with Crippen LogP contribution in [0.1, 0.15) is 177 Å². The number of carbonyl (C=O) groups excluding carboxylic acids is 1. The van der Waals surface area contributed by atoms with Gasteiger partial charge in [-0.25, -0.2) is 4.79 Å². The van der Waals surface area contributed by atoms with E-state index < -0.39 is 11.9 Å². The number of quaternary nitrogens is 1. The van der Waals surface area contributed by atoms with E-state index in [4.69, 9.17) is 5.11 Å². The van der Waals surface area contributed by atoms with Crippen LogP contribution in [0.15, 0.2) is 58.3 Å². The number of carbonyl (C=O) groups is 2. The molecule has 0 bridgehead atoms. The summed E-state index contributed by atoms with van der Waals surface area (Å²) in [5, 5.41) is 19.4. The molecule has 0 aliphatic heterocycles. The second kappa shape index (κ2) is 29.7. The molecule has 2 aromatic carbocycles. The minimum absolute atomic E-state index is 0.144. The van der Waals surface area contributed by atoms with Gasteiger partial charge < -0.3 is 19.5 Å². The maximum Gasteiger partial charge on any atom is 0.335 e. The number of carboxylic acids is 2. The molecule has 0 saturated carbocycles. The highest BCUT2D eigenvalue weighted by atomic mass is 33.1. The van der Waals surface area contributed by atoms with Gasteiger partial charge in [-0.1, -0.05) is 138 Å². The number of hydrogen-bond donors (Lipinski definition) is 1. The molecule has 0 unspecified atom stereocenters. The summed E-state index contributed by atoms with van der Waals surface area (Å²) < 4.78 is 1.47. The van der Waals surface area contributed by atoms with Gasteiger partial charge in [0.05, 0.1) is 37.7 Å². The smallest absolute Gasteiger partial charge is 0.335 e. The molecule has 0 aliphatic carbocycles. The van der Waals surface area contributed by atoms with Crippen LogP contribution < -0.4 is 5.11 Å². The van der Waals surface area contributed by atoms with Gasteiger partial charge in [-0.2, -0.15) is 0 Å². The lowest BCUT2D eigenvalue weighted by Gasteiger charge is -2.39. The molecule has 278 valence electrons. The number of benzene rings is 2. The van der Waals surface area contributed by atoms with Crippen molar-refractivity contribution in [3.05, 3.63) is 59.7 Å². The minimum atomic E-state index is -1.20. The van der Waals surface area contributed by atoms with E-state index in [1.54, 1.807) is 36.4 Å². The third-order valence-electron chi connectivity index (χ3n) is 9.37. The van der Waals surface area contributed by atoms with Crippen LogP contribution in [0.5, 0.6) is 0 Å². The van der Waals surface area contributed by atoms with E-state index >= 15 is 0 Å². The number of nitrogens with zero attached hydrogens (tertiary/aromatic N) is 1. The van der Waals surface area contributed by atoms with Crippen molar-refractivity contribution in [1.82, 2.24) is 0 Å². The molecule has 0 radical (unpaired) electrons. The first kappa shape index (κ1) is 45.1. The van der Waals surface area contributed by atoms with Crippen molar-refractivity contribution in [2.45, 2.75) is 166 Å². The molecule has 0 aliphatic rings. The van der Waals surface area contributed by atoms with Crippen LogP contribution in [0.25, 0.3) is 0 Å². The Balaban J connectivity index is 0.000000520. The predicted molar refractivity (Wildman–Crippen MR) is 211 cm³/mol. The van der Waals surface area contributed by atoms with Gasteiger partial charge >= 0.3 is 5.97 Å². The maximum atomic E-state index is 10.7. The normalized spacial score (nSPS) is 11.3. The van der Waals surface area contributed by atoms with E-state index in [-0.39, 0.29) is 11.1 Å². The second-order valence-corrected chi connectivity index (χ2v) is 16.0. The highest BCUT2D eigenvalue weighted by Crippen LogP contribution is 2.37. The lowest BCUT2D eigenvalue weighted by Crippen LogP contribution is -2.50. The van der Waals surface area contributed by atoms with E-state index in [0.717, 1.165) is 9.79 Å². The second-order valence-electron chi connectivity index (χ2n) is 13.7. The quantitative estimate of drug-likeness (QED) is 0.0513. The molecule has 2 aromatic rings. The molecule has 2 rings (SSSR count). The molecule has 0 fully saturated rings. The van der Waals surface area contributed by atoms with Crippen molar-refractivity contribution >= 4 is 33.5 Å².